The lowest BCUT2D eigenvalue weighted by Crippen LogP contribution is -2.27. The minimum atomic E-state index is -0.0684. The maximum atomic E-state index is 13.0. The van der Waals surface area contributed by atoms with Crippen LogP contribution in [-0.4, -0.2) is 10.2 Å². The predicted molar refractivity (Wildman–Crippen MR) is 120 cm³/mol. The van der Waals surface area contributed by atoms with Crippen molar-refractivity contribution in [1.82, 2.24) is 0 Å². The Balaban J connectivity index is 1.64. The average molecular weight is 388 g/mol. The van der Waals surface area contributed by atoms with Gasteiger partial charge >= 0.3 is 0 Å². The monoisotopic (exact) mass is 387 g/mol. The highest BCUT2D eigenvalue weighted by Gasteiger charge is 2.33. The molecule has 1 saturated heterocycles. The van der Waals surface area contributed by atoms with Gasteiger partial charge in [0.05, 0.1) is 10.6 Å². The first kappa shape index (κ1) is 17.7. The zero-order valence-corrected chi connectivity index (χ0v) is 16.4. The highest BCUT2D eigenvalue weighted by Crippen LogP contribution is 2.36. The number of benzene rings is 3. The molecule has 4 rings (SSSR count). The van der Waals surface area contributed by atoms with E-state index in [4.69, 9.17) is 12.2 Å². The number of rotatable bonds is 3. The van der Waals surface area contributed by atoms with Crippen molar-refractivity contribution in [3.05, 3.63) is 94.9 Å². The number of amides is 1. The summed E-state index contributed by atoms with van der Waals surface area (Å²) in [5, 5.41) is 2.23. The molecule has 3 aromatic carbocycles. The summed E-state index contributed by atoms with van der Waals surface area (Å²) >= 11 is 6.84. The summed E-state index contributed by atoms with van der Waals surface area (Å²) in [5.41, 5.74) is 2.93. The van der Waals surface area contributed by atoms with Crippen LogP contribution in [-0.2, 0) is 4.79 Å². The summed E-state index contributed by atoms with van der Waals surface area (Å²) in [5.74, 6) is -0.0684. The second kappa shape index (κ2) is 7.51. The lowest BCUT2D eigenvalue weighted by Gasteiger charge is -2.15. The van der Waals surface area contributed by atoms with Crippen molar-refractivity contribution in [3.63, 3.8) is 0 Å². The van der Waals surface area contributed by atoms with Gasteiger partial charge in [0.1, 0.15) is 0 Å². The van der Waals surface area contributed by atoms with Gasteiger partial charge in [0.2, 0.25) is 0 Å². The number of nitrogens with zero attached hydrogens (tertiary/aromatic N) is 1. The molecule has 2 nitrogen and oxygen atoms in total. The summed E-state index contributed by atoms with van der Waals surface area (Å²) in [7, 11) is 0. The van der Waals surface area contributed by atoms with E-state index >= 15 is 0 Å². The Labute approximate surface area is 168 Å². The Morgan fingerprint density at radius 1 is 0.963 bits per heavy atom. The van der Waals surface area contributed by atoms with E-state index in [-0.39, 0.29) is 5.91 Å². The SMILES string of the molecule is CC(=C\c1ccccc1)/C=C1/SC(=S)N(c2ccc3ccccc3c2)C1=O. The second-order valence-electron chi connectivity index (χ2n) is 6.35. The third-order valence-corrected chi connectivity index (χ3v) is 5.64. The molecular weight excluding hydrogens is 370 g/mol. The molecule has 0 N–H and O–H groups in total. The van der Waals surface area contributed by atoms with Crippen LogP contribution in [0, 0.1) is 0 Å². The fourth-order valence-corrected chi connectivity index (χ4v) is 4.42. The van der Waals surface area contributed by atoms with Gasteiger partial charge in [-0.25, -0.2) is 0 Å². The van der Waals surface area contributed by atoms with Crippen LogP contribution in [0.5, 0.6) is 0 Å². The number of hydrogen-bond acceptors (Lipinski definition) is 3. The zero-order valence-electron chi connectivity index (χ0n) is 14.8. The Kier molecular flexibility index (Phi) is 4.92. The number of hydrogen-bond donors (Lipinski definition) is 0. The Bertz CT molecular complexity index is 1100. The van der Waals surface area contributed by atoms with Crippen LogP contribution in [0.15, 0.2) is 89.4 Å². The molecule has 0 spiro atoms. The van der Waals surface area contributed by atoms with Crippen molar-refractivity contribution in [1.29, 1.82) is 0 Å². The summed E-state index contributed by atoms with van der Waals surface area (Å²) in [6.07, 6.45) is 3.97. The average Bonchev–Trinajstić information content (AvgIpc) is 2.95. The lowest BCUT2D eigenvalue weighted by molar-refractivity contribution is -0.113. The highest BCUT2D eigenvalue weighted by atomic mass is 32.2. The van der Waals surface area contributed by atoms with E-state index < -0.39 is 0 Å². The molecule has 27 heavy (non-hydrogen) atoms. The van der Waals surface area contributed by atoms with E-state index in [1.807, 2.05) is 79.7 Å². The second-order valence-corrected chi connectivity index (χ2v) is 8.02. The van der Waals surface area contributed by atoms with Crippen molar-refractivity contribution in [2.45, 2.75) is 6.92 Å². The van der Waals surface area contributed by atoms with Gasteiger partial charge in [-0.05, 0) is 47.0 Å². The maximum absolute atomic E-state index is 13.0. The zero-order chi connectivity index (χ0) is 18.8. The molecule has 132 valence electrons. The van der Waals surface area contributed by atoms with E-state index in [9.17, 15) is 4.79 Å². The molecule has 1 aliphatic heterocycles. The van der Waals surface area contributed by atoms with Crippen LogP contribution in [0.2, 0.25) is 0 Å². The molecule has 3 aromatic rings. The van der Waals surface area contributed by atoms with Gasteiger partial charge in [-0.1, -0.05) is 90.7 Å². The standard InChI is InChI=1S/C23H17NOS2/c1-16(13-17-7-3-2-4-8-17)14-21-22(25)24(23(26)27-21)20-12-11-18-9-5-6-10-19(18)15-20/h2-15H,1H3/b16-13+,21-14+. The first-order valence-electron chi connectivity index (χ1n) is 8.62. The van der Waals surface area contributed by atoms with Crippen LogP contribution >= 0.6 is 24.0 Å². The molecule has 1 fully saturated rings. The summed E-state index contributed by atoms with van der Waals surface area (Å²) in [6, 6.07) is 24.1. The van der Waals surface area contributed by atoms with Gasteiger partial charge in [0.15, 0.2) is 4.32 Å². The van der Waals surface area contributed by atoms with Crippen molar-refractivity contribution >= 4 is 56.7 Å². The van der Waals surface area contributed by atoms with Gasteiger partial charge in [0, 0.05) is 0 Å². The molecule has 0 aromatic heterocycles. The first-order valence-corrected chi connectivity index (χ1v) is 9.84. The molecule has 1 heterocycles. The fourth-order valence-electron chi connectivity index (χ4n) is 3.07. The molecule has 1 amide bonds. The molecule has 0 saturated carbocycles. The van der Waals surface area contributed by atoms with Crippen LogP contribution in [0.4, 0.5) is 5.69 Å². The van der Waals surface area contributed by atoms with E-state index in [0.29, 0.717) is 9.23 Å². The lowest BCUT2D eigenvalue weighted by atomic mass is 10.1. The fraction of sp³-hybridized carbons (Fsp3) is 0.0435. The van der Waals surface area contributed by atoms with Crippen molar-refractivity contribution in [3.8, 4) is 0 Å². The number of thiocarbonyl (C=S) groups is 1. The molecule has 4 heteroatoms. The number of carbonyl (C=O) groups excluding carboxylic acids is 1. The normalized spacial score (nSPS) is 16.6. The van der Waals surface area contributed by atoms with Crippen molar-refractivity contribution < 1.29 is 4.79 Å². The number of allylic oxidation sites excluding steroid dienone is 2. The third kappa shape index (κ3) is 3.72. The molecule has 0 radical (unpaired) electrons. The van der Waals surface area contributed by atoms with Crippen molar-refractivity contribution in [2.24, 2.45) is 0 Å². The van der Waals surface area contributed by atoms with Gasteiger partial charge in [0.25, 0.3) is 5.91 Å². The van der Waals surface area contributed by atoms with Crippen LogP contribution in [0.25, 0.3) is 16.8 Å². The minimum absolute atomic E-state index is 0.0684. The van der Waals surface area contributed by atoms with Gasteiger partial charge in [-0.3, -0.25) is 9.69 Å². The van der Waals surface area contributed by atoms with Crippen LogP contribution in [0.1, 0.15) is 12.5 Å². The number of fused-ring (bicyclic) bond motifs is 1. The highest BCUT2D eigenvalue weighted by molar-refractivity contribution is 8.27. The minimum Gasteiger partial charge on any atom is -0.268 e. The molecule has 0 atom stereocenters. The van der Waals surface area contributed by atoms with E-state index in [2.05, 4.69) is 12.1 Å². The molecule has 0 unspecified atom stereocenters. The third-order valence-electron chi connectivity index (χ3n) is 4.34. The van der Waals surface area contributed by atoms with Crippen LogP contribution < -0.4 is 4.90 Å². The van der Waals surface area contributed by atoms with E-state index in [1.165, 1.54) is 11.8 Å². The number of anilines is 1. The smallest absolute Gasteiger partial charge is 0.268 e. The van der Waals surface area contributed by atoms with Crippen LogP contribution in [0.3, 0.4) is 0 Å². The predicted octanol–water partition coefficient (Wildman–Crippen LogP) is 6.19. The van der Waals surface area contributed by atoms with Gasteiger partial charge in [-0.15, -0.1) is 0 Å². The van der Waals surface area contributed by atoms with Crippen molar-refractivity contribution in [2.75, 3.05) is 4.90 Å². The molecule has 1 aliphatic rings. The molecule has 0 bridgehead atoms. The topological polar surface area (TPSA) is 20.3 Å². The first-order chi connectivity index (χ1) is 13.1. The maximum Gasteiger partial charge on any atom is 0.270 e. The Morgan fingerprint density at radius 3 is 2.44 bits per heavy atom. The van der Waals surface area contributed by atoms with E-state index in [0.717, 1.165) is 27.6 Å². The molecule has 0 aliphatic carbocycles. The summed E-state index contributed by atoms with van der Waals surface area (Å²) in [6.45, 7) is 2.00. The number of thioether (sulfide) groups is 1. The quantitative estimate of drug-likeness (QED) is 0.395. The summed E-state index contributed by atoms with van der Waals surface area (Å²) in [4.78, 5) is 15.2. The van der Waals surface area contributed by atoms with Gasteiger partial charge in [-0.2, -0.15) is 0 Å². The largest absolute Gasteiger partial charge is 0.270 e. The number of carbonyl (C=O) groups is 1. The summed E-state index contributed by atoms with van der Waals surface area (Å²) < 4.78 is 0.564. The Morgan fingerprint density at radius 2 is 1.67 bits per heavy atom. The molecular formula is C23H17NOS2. The van der Waals surface area contributed by atoms with E-state index in [1.54, 1.807) is 4.90 Å². The Hall–Kier alpha value is -2.69. The van der Waals surface area contributed by atoms with Gasteiger partial charge < -0.3 is 0 Å².